The largest absolute Gasteiger partial charge is 0.494 e. The first-order chi connectivity index (χ1) is 11.0. The highest BCUT2D eigenvalue weighted by atomic mass is 16.5. The van der Waals surface area contributed by atoms with Crippen LogP contribution in [0.4, 0.5) is 5.69 Å². The zero-order chi connectivity index (χ0) is 16.4. The average Bonchev–Trinajstić information content (AvgIpc) is 2.81. The Morgan fingerprint density at radius 3 is 2.48 bits per heavy atom. The van der Waals surface area contributed by atoms with Crippen LogP contribution in [-0.2, 0) is 6.54 Å². The van der Waals surface area contributed by atoms with Gasteiger partial charge >= 0.3 is 0 Å². The number of nitrogens with two attached hydrogens (primary N) is 1. The van der Waals surface area contributed by atoms with E-state index in [-0.39, 0.29) is 0 Å². The summed E-state index contributed by atoms with van der Waals surface area (Å²) < 4.78 is 8.04. The maximum Gasteiger partial charge on any atom is 0.119 e. The standard InChI is InChI=1S/C19H23N3O/c1-13-11-18-19(12-14(13)2)22(15(3)21-18)9-4-10-23-17-7-5-16(20)6-8-17/h5-8,11-12H,4,9-10,20H2,1-3H3. The van der Waals surface area contributed by atoms with Gasteiger partial charge in [-0.05, 0) is 74.7 Å². The molecule has 3 aromatic rings. The third-order valence-corrected chi connectivity index (χ3v) is 4.23. The summed E-state index contributed by atoms with van der Waals surface area (Å²) >= 11 is 0. The molecule has 0 aliphatic heterocycles. The Hall–Kier alpha value is -2.49. The van der Waals surface area contributed by atoms with E-state index in [0.29, 0.717) is 6.61 Å². The van der Waals surface area contributed by atoms with Crippen LogP contribution in [0.1, 0.15) is 23.4 Å². The van der Waals surface area contributed by atoms with Crippen molar-refractivity contribution in [2.75, 3.05) is 12.3 Å². The molecule has 0 fully saturated rings. The molecule has 0 atom stereocenters. The number of ether oxygens (including phenoxy) is 1. The minimum absolute atomic E-state index is 0.674. The predicted octanol–water partition coefficient (Wildman–Crippen LogP) is 4.01. The van der Waals surface area contributed by atoms with Gasteiger partial charge in [0, 0.05) is 12.2 Å². The molecule has 120 valence electrons. The average molecular weight is 309 g/mol. The second-order valence-electron chi connectivity index (χ2n) is 6.01. The normalized spacial score (nSPS) is 11.1. The maximum absolute atomic E-state index is 5.76. The summed E-state index contributed by atoms with van der Waals surface area (Å²) in [4.78, 5) is 4.67. The number of fused-ring (bicyclic) bond motifs is 1. The van der Waals surface area contributed by atoms with Crippen molar-refractivity contribution in [3.05, 3.63) is 53.3 Å². The zero-order valence-corrected chi connectivity index (χ0v) is 14.0. The van der Waals surface area contributed by atoms with Crippen LogP contribution in [-0.4, -0.2) is 16.2 Å². The Balaban J connectivity index is 1.66. The van der Waals surface area contributed by atoms with Gasteiger partial charge in [0.25, 0.3) is 0 Å². The fourth-order valence-electron chi connectivity index (χ4n) is 2.76. The minimum Gasteiger partial charge on any atom is -0.494 e. The molecule has 1 aromatic heterocycles. The lowest BCUT2D eigenvalue weighted by Crippen LogP contribution is -2.06. The molecule has 0 saturated heterocycles. The van der Waals surface area contributed by atoms with Crippen molar-refractivity contribution in [3.8, 4) is 5.75 Å². The Morgan fingerprint density at radius 1 is 1.04 bits per heavy atom. The molecule has 2 aromatic carbocycles. The Kier molecular flexibility index (Phi) is 4.24. The van der Waals surface area contributed by atoms with Crippen LogP contribution < -0.4 is 10.5 Å². The number of aromatic nitrogens is 2. The van der Waals surface area contributed by atoms with Crippen molar-refractivity contribution < 1.29 is 4.74 Å². The van der Waals surface area contributed by atoms with E-state index in [0.717, 1.165) is 35.7 Å². The van der Waals surface area contributed by atoms with Gasteiger partial charge in [-0.15, -0.1) is 0 Å². The van der Waals surface area contributed by atoms with Crippen LogP contribution in [0.15, 0.2) is 36.4 Å². The maximum atomic E-state index is 5.76. The number of imidazole rings is 1. The Morgan fingerprint density at radius 2 is 1.74 bits per heavy atom. The highest BCUT2D eigenvalue weighted by Crippen LogP contribution is 2.21. The molecular weight excluding hydrogens is 286 g/mol. The molecule has 0 bridgehead atoms. The highest BCUT2D eigenvalue weighted by Gasteiger charge is 2.08. The van der Waals surface area contributed by atoms with Crippen molar-refractivity contribution >= 4 is 16.7 Å². The second kappa shape index (κ2) is 6.32. The number of nitrogen functional groups attached to an aromatic ring is 1. The van der Waals surface area contributed by atoms with Crippen molar-refractivity contribution in [1.29, 1.82) is 0 Å². The van der Waals surface area contributed by atoms with E-state index < -0.39 is 0 Å². The van der Waals surface area contributed by atoms with E-state index in [2.05, 4.69) is 42.5 Å². The Labute approximate surface area is 136 Å². The molecule has 0 unspecified atom stereocenters. The first-order valence-electron chi connectivity index (χ1n) is 7.97. The van der Waals surface area contributed by atoms with E-state index in [1.165, 1.54) is 16.6 Å². The molecule has 2 N–H and O–H groups in total. The summed E-state index contributed by atoms with van der Waals surface area (Å²) in [6.07, 6.45) is 0.934. The lowest BCUT2D eigenvalue weighted by atomic mass is 10.1. The quantitative estimate of drug-likeness (QED) is 0.572. The van der Waals surface area contributed by atoms with E-state index in [9.17, 15) is 0 Å². The molecular formula is C19H23N3O. The number of hydrogen-bond acceptors (Lipinski definition) is 3. The monoisotopic (exact) mass is 309 g/mol. The van der Waals surface area contributed by atoms with Crippen LogP contribution >= 0.6 is 0 Å². The van der Waals surface area contributed by atoms with Gasteiger partial charge in [-0.2, -0.15) is 0 Å². The van der Waals surface area contributed by atoms with Gasteiger partial charge in [0.15, 0.2) is 0 Å². The summed E-state index contributed by atoms with van der Waals surface area (Å²) in [5, 5.41) is 0. The first-order valence-corrected chi connectivity index (χ1v) is 7.97. The predicted molar refractivity (Wildman–Crippen MR) is 94.9 cm³/mol. The van der Waals surface area contributed by atoms with Crippen LogP contribution in [0.3, 0.4) is 0 Å². The van der Waals surface area contributed by atoms with Gasteiger partial charge in [-0.25, -0.2) is 4.98 Å². The summed E-state index contributed by atoms with van der Waals surface area (Å²) in [7, 11) is 0. The van der Waals surface area contributed by atoms with E-state index in [1.54, 1.807) is 0 Å². The summed E-state index contributed by atoms with van der Waals surface area (Å²) in [5.74, 6) is 1.91. The van der Waals surface area contributed by atoms with Crippen LogP contribution in [0.25, 0.3) is 11.0 Å². The molecule has 0 spiro atoms. The minimum atomic E-state index is 0.674. The van der Waals surface area contributed by atoms with Crippen LogP contribution in [0.2, 0.25) is 0 Å². The zero-order valence-electron chi connectivity index (χ0n) is 14.0. The molecule has 0 saturated carbocycles. The molecule has 0 aliphatic rings. The van der Waals surface area contributed by atoms with Gasteiger partial charge in [0.2, 0.25) is 0 Å². The molecule has 23 heavy (non-hydrogen) atoms. The molecule has 3 rings (SSSR count). The van der Waals surface area contributed by atoms with Crippen LogP contribution in [0, 0.1) is 20.8 Å². The topological polar surface area (TPSA) is 53.1 Å². The number of nitrogens with zero attached hydrogens (tertiary/aromatic N) is 2. The molecule has 0 aliphatic carbocycles. The van der Waals surface area contributed by atoms with Gasteiger partial charge in [-0.1, -0.05) is 0 Å². The first kappa shape index (κ1) is 15.4. The second-order valence-corrected chi connectivity index (χ2v) is 6.01. The van der Waals surface area contributed by atoms with E-state index in [4.69, 9.17) is 10.5 Å². The lowest BCUT2D eigenvalue weighted by molar-refractivity contribution is 0.302. The fraction of sp³-hybridized carbons (Fsp3) is 0.316. The molecule has 0 radical (unpaired) electrons. The number of rotatable bonds is 5. The molecule has 4 heteroatoms. The van der Waals surface area contributed by atoms with Crippen molar-refractivity contribution in [3.63, 3.8) is 0 Å². The number of aryl methyl sites for hydroxylation is 4. The van der Waals surface area contributed by atoms with Crippen molar-refractivity contribution in [2.45, 2.75) is 33.7 Å². The van der Waals surface area contributed by atoms with E-state index >= 15 is 0 Å². The lowest BCUT2D eigenvalue weighted by Gasteiger charge is -2.09. The fourth-order valence-corrected chi connectivity index (χ4v) is 2.76. The van der Waals surface area contributed by atoms with Crippen LogP contribution in [0.5, 0.6) is 5.75 Å². The summed E-state index contributed by atoms with van der Waals surface area (Å²) in [6, 6.07) is 11.9. The van der Waals surface area contributed by atoms with Crippen molar-refractivity contribution in [2.24, 2.45) is 0 Å². The SMILES string of the molecule is Cc1cc2nc(C)n(CCCOc3ccc(N)cc3)c2cc1C. The summed E-state index contributed by atoms with van der Waals surface area (Å²) in [5.41, 5.74) is 11.3. The van der Waals surface area contributed by atoms with Gasteiger partial charge < -0.3 is 15.0 Å². The molecule has 4 nitrogen and oxygen atoms in total. The summed E-state index contributed by atoms with van der Waals surface area (Å²) in [6.45, 7) is 7.91. The molecule has 0 amide bonds. The third kappa shape index (κ3) is 3.31. The van der Waals surface area contributed by atoms with E-state index in [1.807, 2.05) is 24.3 Å². The number of anilines is 1. The number of hydrogen-bond donors (Lipinski definition) is 1. The van der Waals surface area contributed by atoms with Gasteiger partial charge in [0.1, 0.15) is 11.6 Å². The number of benzene rings is 2. The third-order valence-electron chi connectivity index (χ3n) is 4.23. The highest BCUT2D eigenvalue weighted by molar-refractivity contribution is 5.78. The molecule has 1 heterocycles. The van der Waals surface area contributed by atoms with Gasteiger partial charge in [0.05, 0.1) is 17.6 Å². The smallest absolute Gasteiger partial charge is 0.119 e. The van der Waals surface area contributed by atoms with Crippen molar-refractivity contribution in [1.82, 2.24) is 9.55 Å². The Bertz CT molecular complexity index is 819. The van der Waals surface area contributed by atoms with Gasteiger partial charge in [-0.3, -0.25) is 0 Å².